The summed E-state index contributed by atoms with van der Waals surface area (Å²) in [5.74, 6) is 1.23. The van der Waals surface area contributed by atoms with Crippen molar-refractivity contribution in [2.24, 2.45) is 5.92 Å². The lowest BCUT2D eigenvalue weighted by atomic mass is 10.0. The Hall–Kier alpha value is -1.55. The van der Waals surface area contributed by atoms with Crippen LogP contribution in [0.15, 0.2) is 24.3 Å². The van der Waals surface area contributed by atoms with E-state index in [1.165, 1.54) is 0 Å². The van der Waals surface area contributed by atoms with Crippen LogP contribution in [0.1, 0.15) is 26.7 Å². The van der Waals surface area contributed by atoms with Gasteiger partial charge in [0.05, 0.1) is 12.6 Å². The van der Waals surface area contributed by atoms with Crippen LogP contribution in [0, 0.1) is 5.92 Å². The summed E-state index contributed by atoms with van der Waals surface area (Å²) in [6.07, 6.45) is 2.03. The van der Waals surface area contributed by atoms with Crippen LogP contribution in [-0.2, 0) is 4.79 Å². The number of amides is 1. The molecule has 1 fully saturated rings. The van der Waals surface area contributed by atoms with E-state index < -0.39 is 0 Å². The maximum atomic E-state index is 12.1. The van der Waals surface area contributed by atoms with Gasteiger partial charge in [-0.25, -0.2) is 0 Å². The van der Waals surface area contributed by atoms with Crippen molar-refractivity contribution >= 4 is 11.6 Å². The van der Waals surface area contributed by atoms with Crippen molar-refractivity contribution in [1.29, 1.82) is 0 Å². The molecule has 0 saturated carbocycles. The average Bonchev–Trinajstić information content (AvgIpc) is 2.83. The van der Waals surface area contributed by atoms with Crippen molar-refractivity contribution in [3.8, 4) is 5.75 Å². The van der Waals surface area contributed by atoms with Crippen molar-refractivity contribution in [1.82, 2.24) is 5.32 Å². The van der Waals surface area contributed by atoms with E-state index in [-0.39, 0.29) is 11.9 Å². The van der Waals surface area contributed by atoms with Gasteiger partial charge in [-0.15, -0.1) is 0 Å². The number of benzene rings is 1. The van der Waals surface area contributed by atoms with Gasteiger partial charge in [0.25, 0.3) is 0 Å². The number of rotatable bonds is 5. The number of anilines is 1. The van der Waals surface area contributed by atoms with Gasteiger partial charge >= 0.3 is 0 Å². The molecule has 2 unspecified atom stereocenters. The van der Waals surface area contributed by atoms with Crippen molar-refractivity contribution in [3.63, 3.8) is 0 Å². The molecular weight excluding hydrogens is 240 g/mol. The maximum absolute atomic E-state index is 12.1. The molecule has 1 heterocycles. The highest BCUT2D eigenvalue weighted by Gasteiger charge is 2.29. The lowest BCUT2D eigenvalue weighted by Crippen LogP contribution is -2.39. The molecule has 2 rings (SSSR count). The first kappa shape index (κ1) is 13.9. The quantitative estimate of drug-likeness (QED) is 0.856. The normalized spacial score (nSPS) is 22.2. The molecule has 4 nitrogen and oxygen atoms in total. The molecule has 0 bridgehead atoms. The number of hydrogen-bond donors (Lipinski definition) is 2. The summed E-state index contributed by atoms with van der Waals surface area (Å²) in [5.41, 5.74) is 0.791. The molecule has 0 aliphatic carbocycles. The minimum Gasteiger partial charge on any atom is -0.494 e. The smallest absolute Gasteiger partial charge is 0.241 e. The molecule has 1 amide bonds. The summed E-state index contributed by atoms with van der Waals surface area (Å²) < 4.78 is 5.56. The third kappa shape index (κ3) is 3.70. The molecule has 104 valence electrons. The Kier molecular flexibility index (Phi) is 4.80. The van der Waals surface area contributed by atoms with Crippen LogP contribution in [0.5, 0.6) is 5.75 Å². The lowest BCUT2D eigenvalue weighted by Gasteiger charge is -2.16. The molecule has 1 aromatic rings. The van der Waals surface area contributed by atoms with E-state index in [2.05, 4.69) is 24.5 Å². The second-order valence-corrected chi connectivity index (χ2v) is 5.06. The Morgan fingerprint density at radius 3 is 3.05 bits per heavy atom. The molecule has 0 aromatic heterocycles. The highest BCUT2D eigenvalue weighted by atomic mass is 16.5. The van der Waals surface area contributed by atoms with E-state index in [1.807, 2.05) is 24.3 Å². The van der Waals surface area contributed by atoms with Gasteiger partial charge in [0.1, 0.15) is 5.75 Å². The number of hydrogen-bond acceptors (Lipinski definition) is 3. The Morgan fingerprint density at radius 2 is 2.37 bits per heavy atom. The summed E-state index contributed by atoms with van der Waals surface area (Å²) in [6, 6.07) is 7.47. The molecule has 2 atom stereocenters. The zero-order chi connectivity index (χ0) is 13.7. The molecule has 4 heteroatoms. The fourth-order valence-electron chi connectivity index (χ4n) is 2.29. The minimum atomic E-state index is -0.0831. The summed E-state index contributed by atoms with van der Waals surface area (Å²) >= 11 is 0. The van der Waals surface area contributed by atoms with E-state index >= 15 is 0 Å². The van der Waals surface area contributed by atoms with Gasteiger partial charge < -0.3 is 15.4 Å². The van der Waals surface area contributed by atoms with Crippen molar-refractivity contribution in [2.45, 2.75) is 32.7 Å². The first-order valence-electron chi connectivity index (χ1n) is 6.98. The van der Waals surface area contributed by atoms with Crippen molar-refractivity contribution < 1.29 is 9.53 Å². The van der Waals surface area contributed by atoms with E-state index in [4.69, 9.17) is 4.74 Å². The summed E-state index contributed by atoms with van der Waals surface area (Å²) in [4.78, 5) is 12.1. The van der Waals surface area contributed by atoms with Gasteiger partial charge in [0.2, 0.25) is 5.91 Å². The zero-order valence-corrected chi connectivity index (χ0v) is 11.6. The molecule has 1 aromatic carbocycles. The first-order chi connectivity index (χ1) is 9.20. The van der Waals surface area contributed by atoms with Crippen LogP contribution in [0.25, 0.3) is 0 Å². The van der Waals surface area contributed by atoms with Crippen LogP contribution in [0.3, 0.4) is 0 Å². The monoisotopic (exact) mass is 262 g/mol. The van der Waals surface area contributed by atoms with Crippen molar-refractivity contribution in [3.05, 3.63) is 24.3 Å². The van der Waals surface area contributed by atoms with Crippen LogP contribution >= 0.6 is 0 Å². The Morgan fingerprint density at radius 1 is 1.53 bits per heavy atom. The second kappa shape index (κ2) is 6.57. The number of carbonyl (C=O) groups is 1. The first-order valence-corrected chi connectivity index (χ1v) is 6.98. The fourth-order valence-corrected chi connectivity index (χ4v) is 2.29. The predicted octanol–water partition coefficient (Wildman–Crippen LogP) is 2.41. The molecular formula is C15H22N2O2. The van der Waals surface area contributed by atoms with Crippen LogP contribution < -0.4 is 15.4 Å². The average molecular weight is 262 g/mol. The Labute approximate surface area is 114 Å². The van der Waals surface area contributed by atoms with Gasteiger partial charge in [-0.2, -0.15) is 0 Å². The minimum absolute atomic E-state index is 0.0395. The number of ether oxygens (including phenoxy) is 1. The van der Waals surface area contributed by atoms with E-state index in [0.29, 0.717) is 12.5 Å². The Bertz CT molecular complexity index is 434. The number of nitrogens with one attached hydrogen (secondary N) is 2. The fraction of sp³-hybridized carbons (Fsp3) is 0.533. The predicted molar refractivity (Wildman–Crippen MR) is 76.4 cm³/mol. The summed E-state index contributed by atoms with van der Waals surface area (Å²) in [5, 5.41) is 6.18. The molecule has 0 spiro atoms. The van der Waals surface area contributed by atoms with Gasteiger partial charge in [0, 0.05) is 11.8 Å². The molecule has 2 N–H and O–H groups in total. The van der Waals surface area contributed by atoms with Crippen LogP contribution in [-0.4, -0.2) is 25.1 Å². The van der Waals surface area contributed by atoms with Gasteiger partial charge in [0.15, 0.2) is 0 Å². The molecule has 19 heavy (non-hydrogen) atoms. The van der Waals surface area contributed by atoms with E-state index in [9.17, 15) is 4.79 Å². The largest absolute Gasteiger partial charge is 0.494 e. The topological polar surface area (TPSA) is 50.4 Å². The highest BCUT2D eigenvalue weighted by Crippen LogP contribution is 2.20. The SMILES string of the molecule is CCCOc1cccc(NC(=O)C2NCCC2C)c1. The highest BCUT2D eigenvalue weighted by molar-refractivity contribution is 5.95. The summed E-state index contributed by atoms with van der Waals surface area (Å²) in [6.45, 7) is 5.78. The standard InChI is InChI=1S/C15H22N2O2/c1-3-9-19-13-6-4-5-12(10-13)17-15(18)14-11(2)7-8-16-14/h4-6,10-11,14,16H,3,7-9H2,1-2H3,(H,17,18). The van der Waals surface area contributed by atoms with E-state index in [1.54, 1.807) is 0 Å². The third-order valence-electron chi connectivity index (χ3n) is 3.39. The Balaban J connectivity index is 1.96. The second-order valence-electron chi connectivity index (χ2n) is 5.06. The maximum Gasteiger partial charge on any atom is 0.241 e. The van der Waals surface area contributed by atoms with Gasteiger partial charge in [-0.05, 0) is 37.4 Å². The third-order valence-corrected chi connectivity index (χ3v) is 3.39. The van der Waals surface area contributed by atoms with Gasteiger partial charge in [-0.1, -0.05) is 19.9 Å². The zero-order valence-electron chi connectivity index (χ0n) is 11.6. The van der Waals surface area contributed by atoms with Crippen LogP contribution in [0.4, 0.5) is 5.69 Å². The number of carbonyl (C=O) groups excluding carboxylic acids is 1. The van der Waals surface area contributed by atoms with E-state index in [0.717, 1.165) is 30.8 Å². The van der Waals surface area contributed by atoms with Gasteiger partial charge in [-0.3, -0.25) is 4.79 Å². The van der Waals surface area contributed by atoms with Crippen LogP contribution in [0.2, 0.25) is 0 Å². The summed E-state index contributed by atoms with van der Waals surface area (Å²) in [7, 11) is 0. The lowest BCUT2D eigenvalue weighted by molar-refractivity contribution is -0.118. The molecule has 1 aliphatic rings. The molecule has 1 aliphatic heterocycles. The molecule has 0 radical (unpaired) electrons. The van der Waals surface area contributed by atoms with Crippen molar-refractivity contribution in [2.75, 3.05) is 18.5 Å². The molecule has 1 saturated heterocycles.